The molecule has 128 valence electrons. The first-order chi connectivity index (χ1) is 11.4. The van der Waals surface area contributed by atoms with Gasteiger partial charge in [0.1, 0.15) is 0 Å². The highest BCUT2D eigenvalue weighted by atomic mass is 32.2. The van der Waals surface area contributed by atoms with E-state index in [9.17, 15) is 13.2 Å². The minimum Gasteiger partial charge on any atom is -0.340 e. The second kappa shape index (κ2) is 6.37. The average molecular weight is 348 g/mol. The molecule has 1 amide bonds. The predicted molar refractivity (Wildman–Crippen MR) is 88.5 cm³/mol. The Hall–Kier alpha value is -2.19. The molecule has 1 aromatic carbocycles. The molecule has 0 aliphatic carbocycles. The Balaban J connectivity index is 2.00. The Kier molecular flexibility index (Phi) is 4.42. The molecule has 0 spiro atoms. The van der Waals surface area contributed by atoms with Gasteiger partial charge in [0.05, 0.1) is 12.4 Å². The Morgan fingerprint density at radius 1 is 1.21 bits per heavy atom. The molecule has 1 aliphatic heterocycles. The third kappa shape index (κ3) is 3.07. The lowest BCUT2D eigenvalue weighted by Crippen LogP contribution is -2.51. The monoisotopic (exact) mass is 348 g/mol. The fourth-order valence-electron chi connectivity index (χ4n) is 2.93. The third-order valence-corrected chi connectivity index (χ3v) is 6.01. The molecule has 2 aromatic rings. The van der Waals surface area contributed by atoms with Crippen LogP contribution >= 0.6 is 0 Å². The number of nitrogens with zero attached hydrogens (tertiary/aromatic N) is 4. The first-order valence-corrected chi connectivity index (χ1v) is 9.14. The highest BCUT2D eigenvalue weighted by Gasteiger charge is 2.38. The van der Waals surface area contributed by atoms with Crippen LogP contribution in [-0.2, 0) is 21.9 Å². The van der Waals surface area contributed by atoms with Crippen LogP contribution in [0, 0.1) is 0 Å². The maximum atomic E-state index is 13.0. The number of piperazine rings is 1. The molecule has 1 fully saturated rings. The number of aromatic nitrogens is 2. The molecular formula is C16H20N4O3S. The molecule has 1 unspecified atom stereocenters. The summed E-state index contributed by atoms with van der Waals surface area (Å²) >= 11 is 0. The van der Waals surface area contributed by atoms with Gasteiger partial charge in [-0.05, 0) is 5.56 Å². The zero-order valence-corrected chi connectivity index (χ0v) is 14.5. The van der Waals surface area contributed by atoms with Crippen molar-refractivity contribution in [2.45, 2.75) is 18.0 Å². The molecule has 0 bridgehead atoms. The maximum absolute atomic E-state index is 13.0. The van der Waals surface area contributed by atoms with Crippen molar-refractivity contribution in [3.05, 3.63) is 48.4 Å². The van der Waals surface area contributed by atoms with Crippen molar-refractivity contribution in [1.29, 1.82) is 0 Å². The van der Waals surface area contributed by atoms with Gasteiger partial charge in [0, 0.05) is 39.8 Å². The summed E-state index contributed by atoms with van der Waals surface area (Å²) in [6.45, 7) is 2.47. The molecule has 1 atom stereocenters. The van der Waals surface area contributed by atoms with Gasteiger partial charge in [0.2, 0.25) is 5.91 Å². The minimum atomic E-state index is -3.72. The summed E-state index contributed by atoms with van der Waals surface area (Å²) in [5.41, 5.74) is 0.864. The Morgan fingerprint density at radius 3 is 2.50 bits per heavy atom. The summed E-state index contributed by atoms with van der Waals surface area (Å²) in [6.07, 6.45) is 2.96. The van der Waals surface area contributed by atoms with E-state index in [4.69, 9.17) is 0 Å². The lowest BCUT2D eigenvalue weighted by molar-refractivity contribution is -0.131. The van der Waals surface area contributed by atoms with Crippen molar-refractivity contribution >= 4 is 15.9 Å². The third-order valence-electron chi connectivity index (χ3n) is 4.22. The minimum absolute atomic E-state index is 0.0298. The van der Waals surface area contributed by atoms with E-state index in [1.165, 1.54) is 23.8 Å². The number of rotatable bonds is 3. The molecule has 1 saturated heterocycles. The summed E-state index contributed by atoms with van der Waals surface area (Å²) in [6, 6.07) is 8.97. The van der Waals surface area contributed by atoms with Crippen molar-refractivity contribution in [2.24, 2.45) is 7.05 Å². The molecule has 0 radical (unpaired) electrons. The Labute approximate surface area is 141 Å². The lowest BCUT2D eigenvalue weighted by atomic mass is 10.0. The van der Waals surface area contributed by atoms with E-state index in [0.29, 0.717) is 13.1 Å². The van der Waals surface area contributed by atoms with Crippen LogP contribution < -0.4 is 0 Å². The average Bonchev–Trinajstić information content (AvgIpc) is 3.02. The first kappa shape index (κ1) is 16.7. The second-order valence-corrected chi connectivity index (χ2v) is 7.72. The highest BCUT2D eigenvalue weighted by Crippen LogP contribution is 2.30. The van der Waals surface area contributed by atoms with Crippen molar-refractivity contribution < 1.29 is 13.2 Å². The molecule has 8 heteroatoms. The quantitative estimate of drug-likeness (QED) is 0.830. The van der Waals surface area contributed by atoms with Crippen molar-refractivity contribution in [2.75, 3.05) is 19.6 Å². The summed E-state index contributed by atoms with van der Waals surface area (Å²) in [5.74, 6) is -0.0502. The van der Waals surface area contributed by atoms with Crippen molar-refractivity contribution in [3.8, 4) is 0 Å². The van der Waals surface area contributed by atoms with E-state index in [0.717, 1.165) is 5.56 Å². The Bertz CT molecular complexity index is 832. The van der Waals surface area contributed by atoms with Crippen molar-refractivity contribution in [3.63, 3.8) is 0 Å². The van der Waals surface area contributed by atoms with Crippen LogP contribution in [0.15, 0.2) is 47.9 Å². The van der Waals surface area contributed by atoms with Gasteiger partial charge < -0.3 is 9.47 Å². The van der Waals surface area contributed by atoms with Gasteiger partial charge in [-0.3, -0.25) is 4.79 Å². The summed E-state index contributed by atoms with van der Waals surface area (Å²) < 4.78 is 29.1. The number of benzene rings is 1. The van der Waals surface area contributed by atoms with Gasteiger partial charge in [-0.2, -0.15) is 4.31 Å². The zero-order chi connectivity index (χ0) is 17.3. The van der Waals surface area contributed by atoms with E-state index in [1.807, 2.05) is 30.3 Å². The largest absolute Gasteiger partial charge is 0.340 e. The fourth-order valence-corrected chi connectivity index (χ4v) is 4.49. The van der Waals surface area contributed by atoms with Gasteiger partial charge in [0.25, 0.3) is 10.0 Å². The number of imidazole rings is 1. The standard InChI is InChI=1S/C16H20N4O3S/c1-13(21)19-8-9-20(15(10-19)14-6-4-3-5-7-14)24(22,23)16-11-18(2)12-17-16/h3-7,11-12,15H,8-10H2,1-2H3. The van der Waals surface area contributed by atoms with Crippen LogP contribution in [0.2, 0.25) is 0 Å². The summed E-state index contributed by atoms with van der Waals surface area (Å²) in [7, 11) is -1.99. The molecule has 1 aliphatic rings. The SMILES string of the molecule is CC(=O)N1CCN(S(=O)(=O)c2cn(C)cn2)C(c2ccccc2)C1. The predicted octanol–water partition coefficient (Wildman–Crippen LogP) is 1.01. The van der Waals surface area contributed by atoms with E-state index in [1.54, 1.807) is 16.5 Å². The summed E-state index contributed by atoms with van der Waals surface area (Å²) in [5, 5.41) is 0.0298. The van der Waals surface area contributed by atoms with Gasteiger partial charge in [-0.15, -0.1) is 0 Å². The van der Waals surface area contributed by atoms with Crippen LogP contribution in [0.3, 0.4) is 0 Å². The topological polar surface area (TPSA) is 75.5 Å². The van der Waals surface area contributed by atoms with Gasteiger partial charge in [-0.25, -0.2) is 13.4 Å². The molecule has 1 aromatic heterocycles. The van der Waals surface area contributed by atoms with Crippen LogP contribution in [0.5, 0.6) is 0 Å². The van der Waals surface area contributed by atoms with Gasteiger partial charge in [0.15, 0.2) is 5.03 Å². The number of carbonyl (C=O) groups excluding carboxylic acids is 1. The molecule has 7 nitrogen and oxygen atoms in total. The number of carbonyl (C=O) groups is 1. The van der Waals surface area contributed by atoms with Crippen LogP contribution in [0.1, 0.15) is 18.5 Å². The van der Waals surface area contributed by atoms with E-state index in [-0.39, 0.29) is 17.5 Å². The highest BCUT2D eigenvalue weighted by molar-refractivity contribution is 7.89. The van der Waals surface area contributed by atoms with E-state index in [2.05, 4.69) is 4.98 Å². The molecule has 24 heavy (non-hydrogen) atoms. The lowest BCUT2D eigenvalue weighted by Gasteiger charge is -2.40. The number of amides is 1. The molecule has 3 rings (SSSR count). The number of hydrogen-bond acceptors (Lipinski definition) is 4. The normalized spacial score (nSPS) is 19.4. The van der Waals surface area contributed by atoms with Gasteiger partial charge >= 0.3 is 0 Å². The first-order valence-electron chi connectivity index (χ1n) is 7.70. The van der Waals surface area contributed by atoms with Gasteiger partial charge in [-0.1, -0.05) is 30.3 Å². The van der Waals surface area contributed by atoms with E-state index >= 15 is 0 Å². The maximum Gasteiger partial charge on any atom is 0.262 e. The molecule has 0 saturated carbocycles. The number of aryl methyl sites for hydroxylation is 1. The van der Waals surface area contributed by atoms with Crippen LogP contribution in [-0.4, -0.2) is 52.7 Å². The van der Waals surface area contributed by atoms with E-state index < -0.39 is 16.1 Å². The number of hydrogen-bond donors (Lipinski definition) is 0. The van der Waals surface area contributed by atoms with Crippen LogP contribution in [0.4, 0.5) is 0 Å². The number of sulfonamides is 1. The Morgan fingerprint density at radius 2 is 1.92 bits per heavy atom. The molecular weight excluding hydrogens is 328 g/mol. The van der Waals surface area contributed by atoms with Crippen molar-refractivity contribution in [1.82, 2.24) is 18.8 Å². The zero-order valence-electron chi connectivity index (χ0n) is 13.7. The fraction of sp³-hybridized carbons (Fsp3) is 0.375. The molecule has 0 N–H and O–H groups in total. The van der Waals surface area contributed by atoms with Crippen LogP contribution in [0.25, 0.3) is 0 Å². The smallest absolute Gasteiger partial charge is 0.262 e. The second-order valence-electron chi connectivity index (χ2n) is 5.88. The molecule has 2 heterocycles. The summed E-state index contributed by atoms with van der Waals surface area (Å²) in [4.78, 5) is 17.4.